The number of nitrogens with one attached hydrogen (secondary N) is 1. The molecule has 0 aliphatic carbocycles. The first kappa shape index (κ1) is 20.9. The van der Waals surface area contributed by atoms with Crippen LogP contribution < -0.4 is 10.2 Å². The highest BCUT2D eigenvalue weighted by molar-refractivity contribution is 9.10. The molecule has 0 atom stereocenters. The summed E-state index contributed by atoms with van der Waals surface area (Å²) < 4.78 is 14.0. The number of anilines is 3. The van der Waals surface area contributed by atoms with Crippen LogP contribution in [0.15, 0.2) is 41.0 Å². The molecule has 152 valence electrons. The highest BCUT2D eigenvalue weighted by Gasteiger charge is 2.15. The minimum Gasteiger partial charge on any atom is -0.478 e. The normalized spacial score (nSPS) is 11.1. The summed E-state index contributed by atoms with van der Waals surface area (Å²) in [7, 11) is 5.80. The number of benzene rings is 2. The number of rotatable bonds is 7. The van der Waals surface area contributed by atoms with Crippen molar-refractivity contribution < 1.29 is 14.3 Å². The molecule has 9 heteroatoms. The lowest BCUT2D eigenvalue weighted by Crippen LogP contribution is -2.29. The second-order valence-electron chi connectivity index (χ2n) is 6.91. The number of nitrogens with zero attached hydrogens (tertiary/aromatic N) is 4. The van der Waals surface area contributed by atoms with Crippen molar-refractivity contribution in [2.24, 2.45) is 0 Å². The fourth-order valence-electron chi connectivity index (χ4n) is 2.85. The maximum absolute atomic E-state index is 13.5. The van der Waals surface area contributed by atoms with E-state index in [1.807, 2.05) is 30.9 Å². The number of aromatic carboxylic acids is 1. The zero-order valence-electron chi connectivity index (χ0n) is 16.3. The largest absolute Gasteiger partial charge is 0.478 e. The summed E-state index contributed by atoms with van der Waals surface area (Å²) in [5.74, 6) is -1.11. The third-order valence-electron chi connectivity index (χ3n) is 4.38. The van der Waals surface area contributed by atoms with Crippen LogP contribution in [0.3, 0.4) is 0 Å². The van der Waals surface area contributed by atoms with Crippen molar-refractivity contribution >= 4 is 50.1 Å². The Morgan fingerprint density at radius 3 is 2.66 bits per heavy atom. The van der Waals surface area contributed by atoms with Crippen molar-refractivity contribution in [2.75, 3.05) is 44.4 Å². The Hall–Kier alpha value is -2.78. The number of carboxylic acids is 1. The highest BCUT2D eigenvalue weighted by Crippen LogP contribution is 2.27. The van der Waals surface area contributed by atoms with E-state index in [9.17, 15) is 14.3 Å². The van der Waals surface area contributed by atoms with Gasteiger partial charge in [-0.1, -0.05) is 0 Å². The van der Waals surface area contributed by atoms with Gasteiger partial charge in [0.1, 0.15) is 5.82 Å². The second-order valence-corrected chi connectivity index (χ2v) is 7.76. The third-order valence-corrected chi connectivity index (χ3v) is 4.98. The molecule has 3 aromatic rings. The number of hydrogen-bond donors (Lipinski definition) is 2. The number of carbonyl (C=O) groups is 1. The quantitative estimate of drug-likeness (QED) is 0.550. The van der Waals surface area contributed by atoms with E-state index in [-0.39, 0.29) is 17.3 Å². The third kappa shape index (κ3) is 4.99. The van der Waals surface area contributed by atoms with Crippen LogP contribution in [0.5, 0.6) is 0 Å². The van der Waals surface area contributed by atoms with E-state index in [4.69, 9.17) is 0 Å². The molecule has 0 unspecified atom stereocenters. The molecule has 0 spiro atoms. The van der Waals surface area contributed by atoms with Gasteiger partial charge < -0.3 is 20.2 Å². The number of carboxylic acid groups (broad SMARTS) is 1. The van der Waals surface area contributed by atoms with Crippen LogP contribution in [0.4, 0.5) is 21.7 Å². The van der Waals surface area contributed by atoms with Gasteiger partial charge in [-0.25, -0.2) is 19.2 Å². The van der Waals surface area contributed by atoms with Crippen molar-refractivity contribution in [1.29, 1.82) is 0 Å². The Balaban J connectivity index is 1.89. The minimum atomic E-state index is -1.02. The molecule has 0 saturated carbocycles. The van der Waals surface area contributed by atoms with Crippen molar-refractivity contribution in [3.8, 4) is 0 Å². The molecule has 7 nitrogen and oxygen atoms in total. The second kappa shape index (κ2) is 8.71. The van der Waals surface area contributed by atoms with Gasteiger partial charge in [-0.15, -0.1) is 0 Å². The molecule has 0 fully saturated rings. The van der Waals surface area contributed by atoms with Crippen LogP contribution in [0, 0.1) is 5.82 Å². The fraction of sp³-hybridized carbons (Fsp3) is 0.250. The Labute approximate surface area is 176 Å². The lowest BCUT2D eigenvalue weighted by atomic mass is 10.1. The maximum Gasteiger partial charge on any atom is 0.337 e. The average Bonchev–Trinajstić information content (AvgIpc) is 2.66. The smallest absolute Gasteiger partial charge is 0.337 e. The van der Waals surface area contributed by atoms with Crippen LogP contribution in [0.25, 0.3) is 10.9 Å². The van der Waals surface area contributed by atoms with E-state index in [2.05, 4.69) is 31.2 Å². The number of fused-ring (bicyclic) bond motifs is 1. The zero-order chi connectivity index (χ0) is 21.1. The monoisotopic (exact) mass is 461 g/mol. The highest BCUT2D eigenvalue weighted by atomic mass is 79.9. The van der Waals surface area contributed by atoms with E-state index in [0.717, 1.165) is 6.54 Å². The van der Waals surface area contributed by atoms with Gasteiger partial charge in [-0.3, -0.25) is 0 Å². The summed E-state index contributed by atoms with van der Waals surface area (Å²) in [4.78, 5) is 24.3. The minimum absolute atomic E-state index is 0.181. The predicted molar refractivity (Wildman–Crippen MR) is 116 cm³/mol. The number of hydrogen-bond acceptors (Lipinski definition) is 6. The molecule has 0 radical (unpaired) electrons. The maximum atomic E-state index is 13.5. The van der Waals surface area contributed by atoms with Crippen LogP contribution in [-0.4, -0.2) is 60.2 Å². The molecule has 1 aromatic heterocycles. The van der Waals surface area contributed by atoms with E-state index >= 15 is 0 Å². The van der Waals surface area contributed by atoms with Gasteiger partial charge in [-0.05, 0) is 60.4 Å². The lowest BCUT2D eigenvalue weighted by molar-refractivity contribution is 0.0697. The first-order chi connectivity index (χ1) is 13.7. The SMILES string of the molecule is CN(C)CCN(C)c1ccc(Nc2ncc3cc(F)cc(Br)c3n2)cc1C(=O)O. The van der Waals surface area contributed by atoms with Crippen molar-refractivity contribution in [1.82, 2.24) is 14.9 Å². The van der Waals surface area contributed by atoms with E-state index in [1.54, 1.807) is 18.2 Å². The summed E-state index contributed by atoms with van der Waals surface area (Å²) in [5, 5.41) is 13.2. The van der Waals surface area contributed by atoms with Gasteiger partial charge >= 0.3 is 5.97 Å². The number of halogens is 2. The molecular weight excluding hydrogens is 441 g/mol. The van der Waals surface area contributed by atoms with E-state index < -0.39 is 5.97 Å². The molecule has 2 aromatic carbocycles. The lowest BCUT2D eigenvalue weighted by Gasteiger charge is -2.23. The summed E-state index contributed by atoms with van der Waals surface area (Å²) in [6, 6.07) is 7.77. The van der Waals surface area contributed by atoms with Crippen LogP contribution in [0.2, 0.25) is 0 Å². The van der Waals surface area contributed by atoms with E-state index in [1.165, 1.54) is 18.3 Å². The topological polar surface area (TPSA) is 81.6 Å². The van der Waals surface area contributed by atoms with Gasteiger partial charge in [0, 0.05) is 41.9 Å². The fourth-order valence-corrected chi connectivity index (χ4v) is 3.38. The van der Waals surface area contributed by atoms with Gasteiger partial charge in [0.25, 0.3) is 0 Å². The van der Waals surface area contributed by atoms with Crippen molar-refractivity contribution in [3.63, 3.8) is 0 Å². The molecule has 0 amide bonds. The Morgan fingerprint density at radius 1 is 1.21 bits per heavy atom. The predicted octanol–water partition coefficient (Wildman–Crippen LogP) is 3.97. The number of likely N-dealkylation sites (N-methyl/N-ethyl adjacent to an activating group) is 2. The van der Waals surface area contributed by atoms with Crippen LogP contribution in [-0.2, 0) is 0 Å². The van der Waals surface area contributed by atoms with Crippen LogP contribution >= 0.6 is 15.9 Å². The molecule has 0 aliphatic rings. The molecule has 0 bridgehead atoms. The summed E-state index contributed by atoms with van der Waals surface area (Å²) in [5.41, 5.74) is 1.91. The summed E-state index contributed by atoms with van der Waals surface area (Å²) in [6.07, 6.45) is 1.51. The van der Waals surface area contributed by atoms with Gasteiger partial charge in [0.05, 0.1) is 16.8 Å². The summed E-state index contributed by atoms with van der Waals surface area (Å²) >= 11 is 3.30. The van der Waals surface area contributed by atoms with Crippen LogP contribution in [0.1, 0.15) is 10.4 Å². The summed E-state index contributed by atoms with van der Waals surface area (Å²) in [6.45, 7) is 1.49. The molecule has 3 rings (SSSR count). The standard InChI is InChI=1S/C20H21BrFN5O2/c1-26(2)6-7-27(3)17-5-4-14(10-15(17)19(28)29)24-20-23-11-12-8-13(22)9-16(21)18(12)25-20/h4-5,8-11H,6-7H2,1-3H3,(H,28,29)(H,23,24,25). The van der Waals surface area contributed by atoms with Crippen molar-refractivity contribution in [2.45, 2.75) is 0 Å². The molecule has 0 saturated heterocycles. The molecule has 29 heavy (non-hydrogen) atoms. The average molecular weight is 462 g/mol. The first-order valence-electron chi connectivity index (χ1n) is 8.86. The van der Waals surface area contributed by atoms with Gasteiger partial charge in [-0.2, -0.15) is 0 Å². The Kier molecular flexibility index (Phi) is 6.29. The molecule has 0 aliphatic heterocycles. The Morgan fingerprint density at radius 2 is 1.97 bits per heavy atom. The molecule has 2 N–H and O–H groups in total. The first-order valence-corrected chi connectivity index (χ1v) is 9.66. The van der Waals surface area contributed by atoms with Crippen molar-refractivity contribution in [3.05, 3.63) is 52.4 Å². The molecular formula is C20H21BrFN5O2. The Bertz CT molecular complexity index is 1060. The van der Waals surface area contributed by atoms with Gasteiger partial charge in [0.2, 0.25) is 5.95 Å². The number of aromatic nitrogens is 2. The molecule has 1 heterocycles. The van der Waals surface area contributed by atoms with Gasteiger partial charge in [0.15, 0.2) is 0 Å². The zero-order valence-corrected chi connectivity index (χ0v) is 17.9. The van der Waals surface area contributed by atoms with E-state index in [0.29, 0.717) is 33.3 Å².